The van der Waals surface area contributed by atoms with Crippen molar-refractivity contribution in [1.29, 1.82) is 0 Å². The lowest BCUT2D eigenvalue weighted by Gasteiger charge is -2.37. The molecule has 1 saturated heterocycles. The predicted octanol–water partition coefficient (Wildman–Crippen LogP) is 2.80. The second kappa shape index (κ2) is 8.58. The Morgan fingerprint density at radius 2 is 1.79 bits per heavy atom. The normalized spacial score (nSPS) is 14.5. The van der Waals surface area contributed by atoms with Crippen LogP contribution in [0, 0.1) is 0 Å². The molecule has 0 amide bonds. The molecule has 0 spiro atoms. The summed E-state index contributed by atoms with van der Waals surface area (Å²) >= 11 is 6.11. The summed E-state index contributed by atoms with van der Waals surface area (Å²) in [4.78, 5) is 18.0. The molecule has 1 aliphatic rings. The van der Waals surface area contributed by atoms with Crippen molar-refractivity contribution in [3.05, 3.63) is 47.7 Å². The molecule has 8 heteroatoms. The first kappa shape index (κ1) is 18.7. The Hall–Kier alpha value is -2.64. The maximum absolute atomic E-state index is 8.90. The Labute approximate surface area is 169 Å². The molecular weight excluding hydrogens is 376 g/mol. The van der Waals surface area contributed by atoms with E-state index in [4.69, 9.17) is 16.7 Å². The second-order valence-electron chi connectivity index (χ2n) is 6.71. The van der Waals surface area contributed by atoms with Gasteiger partial charge in [0.25, 0.3) is 0 Å². The molecule has 3 aromatic rings. The maximum Gasteiger partial charge on any atom is 0.224 e. The molecule has 0 saturated carbocycles. The summed E-state index contributed by atoms with van der Waals surface area (Å²) in [6, 6.07) is 9.87. The Bertz CT molecular complexity index is 945. The van der Waals surface area contributed by atoms with Crippen LogP contribution in [-0.4, -0.2) is 59.4 Å². The number of hydrogen-bond donors (Lipinski definition) is 2. The van der Waals surface area contributed by atoms with Crippen LogP contribution >= 0.6 is 11.6 Å². The molecule has 28 heavy (non-hydrogen) atoms. The van der Waals surface area contributed by atoms with Gasteiger partial charge in [-0.05, 0) is 36.8 Å². The van der Waals surface area contributed by atoms with Crippen LogP contribution in [0.3, 0.4) is 0 Å². The third-order valence-corrected chi connectivity index (χ3v) is 5.12. The molecule has 2 N–H and O–H groups in total. The van der Waals surface area contributed by atoms with E-state index in [0.29, 0.717) is 23.9 Å². The van der Waals surface area contributed by atoms with Gasteiger partial charge >= 0.3 is 0 Å². The molecule has 7 nitrogen and oxygen atoms in total. The van der Waals surface area contributed by atoms with Gasteiger partial charge in [0, 0.05) is 67.8 Å². The third kappa shape index (κ3) is 4.10. The van der Waals surface area contributed by atoms with Gasteiger partial charge in [0.05, 0.1) is 5.52 Å². The highest BCUT2D eigenvalue weighted by Gasteiger charge is 2.20. The summed E-state index contributed by atoms with van der Waals surface area (Å²) in [6.45, 7) is 4.38. The van der Waals surface area contributed by atoms with Crippen molar-refractivity contribution in [2.45, 2.75) is 6.42 Å². The van der Waals surface area contributed by atoms with Crippen molar-refractivity contribution in [1.82, 2.24) is 15.0 Å². The first-order chi connectivity index (χ1) is 13.7. The van der Waals surface area contributed by atoms with Crippen LogP contribution in [0.1, 0.15) is 6.42 Å². The van der Waals surface area contributed by atoms with Gasteiger partial charge in [-0.1, -0.05) is 11.6 Å². The smallest absolute Gasteiger partial charge is 0.224 e. The van der Waals surface area contributed by atoms with Crippen LogP contribution < -0.4 is 15.1 Å². The predicted molar refractivity (Wildman–Crippen MR) is 113 cm³/mol. The molecule has 2 aromatic heterocycles. The number of fused-ring (bicyclic) bond motifs is 1. The minimum absolute atomic E-state index is 0.157. The Morgan fingerprint density at radius 3 is 2.61 bits per heavy atom. The van der Waals surface area contributed by atoms with Crippen molar-refractivity contribution in [3.63, 3.8) is 0 Å². The average molecular weight is 399 g/mol. The van der Waals surface area contributed by atoms with Gasteiger partial charge in [-0.2, -0.15) is 4.98 Å². The largest absolute Gasteiger partial charge is 0.396 e. The minimum atomic E-state index is 0.157. The van der Waals surface area contributed by atoms with Crippen LogP contribution in [0.2, 0.25) is 5.02 Å². The van der Waals surface area contributed by atoms with Crippen LogP contribution in [0.15, 0.2) is 42.7 Å². The lowest BCUT2D eigenvalue weighted by Crippen LogP contribution is -2.47. The zero-order valence-electron chi connectivity index (χ0n) is 15.6. The number of aliphatic hydroxyl groups excluding tert-OH is 1. The lowest BCUT2D eigenvalue weighted by molar-refractivity contribution is 0.292. The van der Waals surface area contributed by atoms with Gasteiger partial charge in [0.2, 0.25) is 5.95 Å². The molecule has 0 aliphatic carbocycles. The zero-order valence-corrected chi connectivity index (χ0v) is 16.3. The SMILES string of the molecule is OCCCNc1nccc(N2CCN(c3ccnc4cc(Cl)ccc34)CC2)n1. The summed E-state index contributed by atoms with van der Waals surface area (Å²) in [5.41, 5.74) is 2.11. The molecule has 4 rings (SSSR count). The van der Waals surface area contributed by atoms with E-state index in [2.05, 4.69) is 36.1 Å². The Kier molecular flexibility index (Phi) is 5.73. The van der Waals surface area contributed by atoms with Crippen molar-refractivity contribution in [2.24, 2.45) is 0 Å². The van der Waals surface area contributed by atoms with E-state index >= 15 is 0 Å². The number of hydrogen-bond acceptors (Lipinski definition) is 7. The highest BCUT2D eigenvalue weighted by Crippen LogP contribution is 2.28. The van der Waals surface area contributed by atoms with Crippen LogP contribution in [0.4, 0.5) is 17.5 Å². The highest BCUT2D eigenvalue weighted by molar-refractivity contribution is 6.31. The number of aromatic nitrogens is 3. The van der Waals surface area contributed by atoms with Gasteiger partial charge in [-0.3, -0.25) is 4.98 Å². The number of anilines is 3. The van der Waals surface area contributed by atoms with E-state index in [9.17, 15) is 0 Å². The average Bonchev–Trinajstić information content (AvgIpc) is 2.74. The van der Waals surface area contributed by atoms with Crippen LogP contribution in [0.25, 0.3) is 10.9 Å². The lowest BCUT2D eigenvalue weighted by atomic mass is 10.1. The number of pyridine rings is 1. The quantitative estimate of drug-likeness (QED) is 0.618. The molecule has 146 valence electrons. The fraction of sp³-hybridized carbons (Fsp3) is 0.350. The summed E-state index contributed by atoms with van der Waals surface area (Å²) in [6.07, 6.45) is 4.29. The van der Waals surface area contributed by atoms with Crippen LogP contribution in [0.5, 0.6) is 0 Å². The Morgan fingerprint density at radius 1 is 1.00 bits per heavy atom. The first-order valence-corrected chi connectivity index (χ1v) is 9.84. The number of nitrogens with zero attached hydrogens (tertiary/aromatic N) is 5. The summed E-state index contributed by atoms with van der Waals surface area (Å²) in [5, 5.41) is 13.9. The molecule has 3 heterocycles. The summed E-state index contributed by atoms with van der Waals surface area (Å²) in [5.74, 6) is 1.53. The van der Waals surface area contributed by atoms with Crippen molar-refractivity contribution in [3.8, 4) is 0 Å². The van der Waals surface area contributed by atoms with Gasteiger partial charge < -0.3 is 20.2 Å². The number of halogens is 1. The molecular formula is C20H23ClN6O. The van der Waals surface area contributed by atoms with E-state index in [1.807, 2.05) is 30.5 Å². The molecule has 0 unspecified atom stereocenters. The fourth-order valence-electron chi connectivity index (χ4n) is 3.45. The molecule has 1 aliphatic heterocycles. The topological polar surface area (TPSA) is 77.4 Å². The maximum atomic E-state index is 8.90. The number of nitrogens with one attached hydrogen (secondary N) is 1. The molecule has 0 atom stereocenters. The van der Waals surface area contributed by atoms with E-state index in [1.165, 1.54) is 5.69 Å². The zero-order chi connectivity index (χ0) is 19.3. The first-order valence-electron chi connectivity index (χ1n) is 9.46. The third-order valence-electron chi connectivity index (χ3n) is 4.88. The number of piperazine rings is 1. The number of benzene rings is 1. The number of aliphatic hydroxyl groups is 1. The second-order valence-corrected chi connectivity index (χ2v) is 7.14. The van der Waals surface area contributed by atoms with Crippen molar-refractivity contribution >= 4 is 40.0 Å². The molecule has 0 radical (unpaired) electrons. The van der Waals surface area contributed by atoms with Crippen LogP contribution in [-0.2, 0) is 0 Å². The van der Waals surface area contributed by atoms with E-state index in [0.717, 1.165) is 42.9 Å². The Balaban J connectivity index is 1.45. The minimum Gasteiger partial charge on any atom is -0.396 e. The molecule has 0 bridgehead atoms. The highest BCUT2D eigenvalue weighted by atomic mass is 35.5. The van der Waals surface area contributed by atoms with Gasteiger partial charge in [0.1, 0.15) is 5.82 Å². The van der Waals surface area contributed by atoms with Gasteiger partial charge in [0.15, 0.2) is 0 Å². The molecule has 1 aromatic carbocycles. The van der Waals surface area contributed by atoms with Gasteiger partial charge in [-0.25, -0.2) is 4.98 Å². The molecule has 1 fully saturated rings. The fourth-order valence-corrected chi connectivity index (χ4v) is 3.61. The summed E-state index contributed by atoms with van der Waals surface area (Å²) < 4.78 is 0. The monoisotopic (exact) mass is 398 g/mol. The van der Waals surface area contributed by atoms with E-state index in [1.54, 1.807) is 6.20 Å². The van der Waals surface area contributed by atoms with Crippen molar-refractivity contribution < 1.29 is 5.11 Å². The summed E-state index contributed by atoms with van der Waals surface area (Å²) in [7, 11) is 0. The standard InChI is InChI=1S/C20H23ClN6O/c21-15-2-3-16-17(14-15)22-7-4-18(16)26-9-11-27(12-10-26)19-5-8-24-20(25-19)23-6-1-13-28/h2-5,7-8,14,28H,1,6,9-13H2,(H,23,24,25). The van der Waals surface area contributed by atoms with E-state index < -0.39 is 0 Å². The number of rotatable bonds is 6. The van der Waals surface area contributed by atoms with Crippen molar-refractivity contribution in [2.75, 3.05) is 54.4 Å². The van der Waals surface area contributed by atoms with Gasteiger partial charge in [-0.15, -0.1) is 0 Å². The van der Waals surface area contributed by atoms with E-state index in [-0.39, 0.29) is 6.61 Å².